The first-order chi connectivity index (χ1) is 11.0. The van der Waals surface area contributed by atoms with Crippen LogP contribution in [0.4, 0.5) is 0 Å². The van der Waals surface area contributed by atoms with E-state index in [4.69, 9.17) is 0 Å². The number of carbonyl (C=O) groups is 1. The Labute approximate surface area is 140 Å². The summed E-state index contributed by atoms with van der Waals surface area (Å²) in [6, 6.07) is 1.96. The van der Waals surface area contributed by atoms with Gasteiger partial charge in [-0.1, -0.05) is 25.6 Å². The molecule has 0 aromatic carbocycles. The van der Waals surface area contributed by atoms with Gasteiger partial charge in [0, 0.05) is 19.3 Å². The van der Waals surface area contributed by atoms with Crippen molar-refractivity contribution in [2.45, 2.75) is 45.9 Å². The number of nitrogens with one attached hydrogen (secondary N) is 1. The molecule has 8 heteroatoms. The van der Waals surface area contributed by atoms with Crippen LogP contribution < -0.4 is 5.32 Å². The Morgan fingerprint density at radius 3 is 2.78 bits per heavy atom. The highest BCUT2D eigenvalue weighted by atomic mass is 32.2. The summed E-state index contributed by atoms with van der Waals surface area (Å²) in [5.41, 5.74) is 0.976. The summed E-state index contributed by atoms with van der Waals surface area (Å²) in [4.78, 5) is 11.8. The first kappa shape index (κ1) is 17.5. The van der Waals surface area contributed by atoms with Gasteiger partial charge < -0.3 is 9.88 Å². The van der Waals surface area contributed by atoms with Crippen LogP contribution in [-0.4, -0.2) is 42.7 Å². The maximum Gasteiger partial charge on any atom is 0.230 e. The second kappa shape index (κ2) is 8.14. The van der Waals surface area contributed by atoms with Crippen LogP contribution in [0, 0.1) is 12.8 Å². The Kier molecular flexibility index (Phi) is 6.20. The molecular formula is C15H24N6OS. The van der Waals surface area contributed by atoms with Crippen molar-refractivity contribution >= 4 is 17.7 Å². The SMILES string of the molecule is CCn1c(Cn2ccc(C)n2)nnc1SCC(=O)NCC(C)C. The molecule has 126 valence electrons. The highest BCUT2D eigenvalue weighted by molar-refractivity contribution is 7.99. The monoisotopic (exact) mass is 336 g/mol. The first-order valence-corrected chi connectivity index (χ1v) is 8.79. The predicted octanol–water partition coefficient (Wildman–Crippen LogP) is 1.72. The van der Waals surface area contributed by atoms with E-state index >= 15 is 0 Å². The quantitative estimate of drug-likeness (QED) is 0.743. The standard InChI is InChI=1S/C15H24N6OS/c1-5-21-13(9-20-7-6-12(4)19-20)17-18-15(21)23-10-14(22)16-8-11(2)3/h6-7,11H,5,8-10H2,1-4H3,(H,16,22). The molecule has 1 amide bonds. The Morgan fingerprint density at radius 1 is 1.39 bits per heavy atom. The maximum atomic E-state index is 11.8. The Bertz CT molecular complexity index is 648. The van der Waals surface area contributed by atoms with Crippen LogP contribution in [0.15, 0.2) is 17.4 Å². The minimum Gasteiger partial charge on any atom is -0.355 e. The van der Waals surface area contributed by atoms with Crippen LogP contribution in [0.25, 0.3) is 0 Å². The number of thioether (sulfide) groups is 1. The molecule has 0 aliphatic rings. The highest BCUT2D eigenvalue weighted by Gasteiger charge is 2.13. The lowest BCUT2D eigenvalue weighted by atomic mass is 10.2. The summed E-state index contributed by atoms with van der Waals surface area (Å²) in [7, 11) is 0. The molecule has 0 spiro atoms. The molecule has 0 saturated carbocycles. The molecule has 2 aromatic heterocycles. The number of aryl methyl sites for hydroxylation is 1. The molecule has 7 nitrogen and oxygen atoms in total. The minimum absolute atomic E-state index is 0.0265. The van der Waals surface area contributed by atoms with E-state index in [0.29, 0.717) is 24.8 Å². The molecule has 2 heterocycles. The largest absolute Gasteiger partial charge is 0.355 e. The maximum absolute atomic E-state index is 11.8. The van der Waals surface area contributed by atoms with Gasteiger partial charge in [-0.2, -0.15) is 5.10 Å². The average Bonchev–Trinajstić information content (AvgIpc) is 3.09. The Morgan fingerprint density at radius 2 is 2.17 bits per heavy atom. The van der Waals surface area contributed by atoms with Crippen molar-refractivity contribution in [2.24, 2.45) is 5.92 Å². The molecule has 0 aliphatic carbocycles. The fourth-order valence-corrected chi connectivity index (χ4v) is 2.91. The first-order valence-electron chi connectivity index (χ1n) is 7.81. The lowest BCUT2D eigenvalue weighted by Gasteiger charge is -2.09. The highest BCUT2D eigenvalue weighted by Crippen LogP contribution is 2.17. The van der Waals surface area contributed by atoms with E-state index in [2.05, 4.69) is 34.5 Å². The van der Waals surface area contributed by atoms with Gasteiger partial charge in [0.2, 0.25) is 5.91 Å². The zero-order valence-electron chi connectivity index (χ0n) is 14.1. The molecule has 0 fully saturated rings. The van der Waals surface area contributed by atoms with Crippen molar-refractivity contribution in [3.8, 4) is 0 Å². The minimum atomic E-state index is 0.0265. The number of amides is 1. The predicted molar refractivity (Wildman–Crippen MR) is 90.3 cm³/mol. The van der Waals surface area contributed by atoms with Gasteiger partial charge in [-0.3, -0.25) is 9.48 Å². The van der Waals surface area contributed by atoms with Crippen molar-refractivity contribution in [3.63, 3.8) is 0 Å². The van der Waals surface area contributed by atoms with E-state index in [1.165, 1.54) is 11.8 Å². The molecule has 1 N–H and O–H groups in total. The summed E-state index contributed by atoms with van der Waals surface area (Å²) in [5.74, 6) is 1.68. The molecule has 0 atom stereocenters. The van der Waals surface area contributed by atoms with Crippen molar-refractivity contribution in [1.29, 1.82) is 0 Å². The molecule has 0 unspecified atom stereocenters. The molecule has 0 radical (unpaired) electrons. The van der Waals surface area contributed by atoms with Crippen molar-refractivity contribution < 1.29 is 4.79 Å². The average molecular weight is 336 g/mol. The van der Waals surface area contributed by atoms with Crippen molar-refractivity contribution in [1.82, 2.24) is 29.9 Å². The zero-order chi connectivity index (χ0) is 16.8. The Hall–Kier alpha value is -1.83. The molecule has 23 heavy (non-hydrogen) atoms. The third-order valence-electron chi connectivity index (χ3n) is 3.23. The fraction of sp³-hybridized carbons (Fsp3) is 0.600. The van der Waals surface area contributed by atoms with Crippen LogP contribution >= 0.6 is 11.8 Å². The fourth-order valence-electron chi connectivity index (χ4n) is 2.06. The van der Waals surface area contributed by atoms with Gasteiger partial charge in [-0.05, 0) is 25.8 Å². The molecule has 0 bridgehead atoms. The van der Waals surface area contributed by atoms with Gasteiger partial charge in [0.25, 0.3) is 0 Å². The summed E-state index contributed by atoms with van der Waals surface area (Å²) >= 11 is 1.42. The smallest absolute Gasteiger partial charge is 0.230 e. The summed E-state index contributed by atoms with van der Waals surface area (Å²) < 4.78 is 3.87. The molecule has 2 aromatic rings. The number of hydrogen-bond acceptors (Lipinski definition) is 5. The van der Waals surface area contributed by atoms with Gasteiger partial charge in [0.05, 0.1) is 11.4 Å². The van der Waals surface area contributed by atoms with Crippen LogP contribution in [0.5, 0.6) is 0 Å². The number of carbonyl (C=O) groups excluding carboxylic acids is 1. The summed E-state index contributed by atoms with van der Waals surface area (Å²) in [5, 5.41) is 16.5. The lowest BCUT2D eigenvalue weighted by Crippen LogP contribution is -2.28. The molecule has 2 rings (SSSR count). The third-order valence-corrected chi connectivity index (χ3v) is 4.19. The molecular weight excluding hydrogens is 312 g/mol. The van der Waals surface area contributed by atoms with Gasteiger partial charge in [0.15, 0.2) is 11.0 Å². The summed E-state index contributed by atoms with van der Waals surface area (Å²) in [6.07, 6.45) is 1.93. The van der Waals surface area contributed by atoms with Crippen LogP contribution in [-0.2, 0) is 17.9 Å². The molecule has 0 saturated heterocycles. The second-order valence-corrected chi connectivity index (χ2v) is 6.73. The lowest BCUT2D eigenvalue weighted by molar-refractivity contribution is -0.118. The van der Waals surface area contributed by atoms with Gasteiger partial charge in [-0.15, -0.1) is 10.2 Å². The number of nitrogens with zero attached hydrogens (tertiary/aromatic N) is 5. The van der Waals surface area contributed by atoms with Crippen molar-refractivity contribution in [2.75, 3.05) is 12.3 Å². The van der Waals surface area contributed by atoms with E-state index < -0.39 is 0 Å². The number of rotatable bonds is 8. The zero-order valence-corrected chi connectivity index (χ0v) is 14.9. The van der Waals surface area contributed by atoms with E-state index in [1.54, 1.807) is 0 Å². The Balaban J connectivity index is 1.96. The number of hydrogen-bond donors (Lipinski definition) is 1. The van der Waals surface area contributed by atoms with E-state index in [0.717, 1.165) is 23.2 Å². The van der Waals surface area contributed by atoms with Gasteiger partial charge in [0.1, 0.15) is 6.54 Å². The second-order valence-electron chi connectivity index (χ2n) is 5.78. The normalized spacial score (nSPS) is 11.2. The molecule has 0 aliphatic heterocycles. The third kappa shape index (κ3) is 5.09. The van der Waals surface area contributed by atoms with E-state index in [1.807, 2.05) is 35.4 Å². The van der Waals surface area contributed by atoms with E-state index in [-0.39, 0.29) is 5.91 Å². The van der Waals surface area contributed by atoms with E-state index in [9.17, 15) is 4.79 Å². The van der Waals surface area contributed by atoms with Gasteiger partial charge >= 0.3 is 0 Å². The topological polar surface area (TPSA) is 77.6 Å². The van der Waals surface area contributed by atoms with Crippen LogP contribution in [0.2, 0.25) is 0 Å². The number of aromatic nitrogens is 5. The van der Waals surface area contributed by atoms with Gasteiger partial charge in [-0.25, -0.2) is 0 Å². The summed E-state index contributed by atoms with van der Waals surface area (Å²) in [6.45, 7) is 10.2. The van der Waals surface area contributed by atoms with Crippen molar-refractivity contribution in [3.05, 3.63) is 23.8 Å². The van der Waals surface area contributed by atoms with Crippen LogP contribution in [0.3, 0.4) is 0 Å². The van der Waals surface area contributed by atoms with Crippen LogP contribution in [0.1, 0.15) is 32.3 Å².